The summed E-state index contributed by atoms with van der Waals surface area (Å²) in [4.78, 5) is 0. The molecule has 1 aromatic rings. The minimum atomic E-state index is 1.10. The number of rotatable bonds is 2. The Balaban J connectivity index is 2.28. The molecule has 0 aromatic carbocycles. The van der Waals surface area contributed by atoms with Gasteiger partial charge < -0.3 is 0 Å². The first-order valence-corrected chi connectivity index (χ1v) is 6.00. The lowest BCUT2D eigenvalue weighted by Gasteiger charge is -1.91. The number of thioether (sulfide) groups is 1. The predicted octanol–water partition coefficient (Wildman–Crippen LogP) is 3.81. The fourth-order valence-electron chi connectivity index (χ4n) is 1.25. The van der Waals surface area contributed by atoms with Crippen molar-refractivity contribution in [3.63, 3.8) is 0 Å². The van der Waals surface area contributed by atoms with Crippen LogP contribution in [0, 0.1) is 0 Å². The lowest BCUT2D eigenvalue weighted by Crippen LogP contribution is -1.70. The summed E-state index contributed by atoms with van der Waals surface area (Å²) in [6.45, 7) is 0. The van der Waals surface area contributed by atoms with Gasteiger partial charge in [0, 0.05) is 0 Å². The molecule has 2 heteroatoms. The third-order valence-electron chi connectivity index (χ3n) is 1.88. The van der Waals surface area contributed by atoms with Gasteiger partial charge in [-0.3, -0.25) is 0 Å². The Hall–Kier alpha value is -0.470. The Morgan fingerprint density at radius 2 is 2.42 bits per heavy atom. The van der Waals surface area contributed by atoms with Crippen LogP contribution in [0.25, 0.3) is 5.57 Å². The normalized spacial score (nSPS) is 15.2. The fourth-order valence-corrected chi connectivity index (χ4v) is 2.66. The van der Waals surface area contributed by atoms with Crippen molar-refractivity contribution in [1.29, 1.82) is 0 Å². The van der Waals surface area contributed by atoms with E-state index in [1.54, 1.807) is 0 Å². The summed E-state index contributed by atoms with van der Waals surface area (Å²) in [5.41, 5.74) is 2.75. The lowest BCUT2D eigenvalue weighted by atomic mass is 10.1. The van der Waals surface area contributed by atoms with Crippen molar-refractivity contribution < 1.29 is 0 Å². The van der Waals surface area contributed by atoms with Gasteiger partial charge in [-0.1, -0.05) is 18.2 Å². The molecule has 1 heterocycles. The molecule has 1 aromatic heterocycles. The van der Waals surface area contributed by atoms with Crippen LogP contribution in [0.15, 0.2) is 33.9 Å². The second-order valence-electron chi connectivity index (χ2n) is 2.66. The number of hydrogen-bond acceptors (Lipinski definition) is 2. The molecule has 1 aliphatic rings. The molecule has 0 N–H and O–H groups in total. The standard InChI is InChI=1S/C10H10S2/c1-11-10-6-9(7-12-10)8-4-2-3-5-8/h2,4-7H,3H2,1H3. The molecule has 0 saturated carbocycles. The van der Waals surface area contributed by atoms with E-state index in [0.717, 1.165) is 6.42 Å². The molecule has 62 valence electrons. The summed E-state index contributed by atoms with van der Waals surface area (Å²) in [6.07, 6.45) is 9.89. The van der Waals surface area contributed by atoms with E-state index in [-0.39, 0.29) is 0 Å². The fraction of sp³-hybridized carbons (Fsp3) is 0.200. The SMILES string of the molecule is CSc1cc(C2=CCC=C2)cs1. The van der Waals surface area contributed by atoms with Crippen molar-refractivity contribution in [2.24, 2.45) is 0 Å². The first-order chi connectivity index (χ1) is 5.90. The van der Waals surface area contributed by atoms with Crippen LogP contribution in [0.1, 0.15) is 12.0 Å². The van der Waals surface area contributed by atoms with Crippen molar-refractivity contribution in [3.05, 3.63) is 35.2 Å². The number of hydrogen-bond donors (Lipinski definition) is 0. The first-order valence-electron chi connectivity index (χ1n) is 3.90. The largest absolute Gasteiger partial charge is 0.137 e. The zero-order valence-electron chi connectivity index (χ0n) is 6.91. The molecule has 0 aliphatic heterocycles. The van der Waals surface area contributed by atoms with Gasteiger partial charge in [-0.25, -0.2) is 0 Å². The molecule has 0 amide bonds. The highest BCUT2D eigenvalue weighted by molar-refractivity contribution is 8.00. The Kier molecular flexibility index (Phi) is 2.38. The van der Waals surface area contributed by atoms with Crippen LogP contribution in [0.4, 0.5) is 0 Å². The minimum Gasteiger partial charge on any atom is -0.137 e. The molecule has 0 nitrogen and oxygen atoms in total. The van der Waals surface area contributed by atoms with Gasteiger partial charge in [0.1, 0.15) is 0 Å². The molecule has 0 atom stereocenters. The van der Waals surface area contributed by atoms with E-state index < -0.39 is 0 Å². The van der Waals surface area contributed by atoms with Crippen LogP contribution in [0.3, 0.4) is 0 Å². The van der Waals surface area contributed by atoms with E-state index in [2.05, 4.69) is 35.9 Å². The van der Waals surface area contributed by atoms with E-state index in [4.69, 9.17) is 0 Å². The third kappa shape index (κ3) is 1.50. The van der Waals surface area contributed by atoms with Crippen LogP contribution >= 0.6 is 23.1 Å². The summed E-state index contributed by atoms with van der Waals surface area (Å²) in [5, 5.41) is 2.23. The van der Waals surface area contributed by atoms with E-state index in [0.29, 0.717) is 0 Å². The van der Waals surface area contributed by atoms with Crippen molar-refractivity contribution in [3.8, 4) is 0 Å². The Bertz CT molecular complexity index is 331. The second kappa shape index (κ2) is 3.50. The maximum Gasteiger partial charge on any atom is 0.0602 e. The van der Waals surface area contributed by atoms with Gasteiger partial charge in [0.25, 0.3) is 0 Å². The van der Waals surface area contributed by atoms with Crippen molar-refractivity contribution >= 4 is 28.7 Å². The zero-order chi connectivity index (χ0) is 8.39. The van der Waals surface area contributed by atoms with E-state index in [1.807, 2.05) is 23.1 Å². The highest BCUT2D eigenvalue weighted by atomic mass is 32.2. The van der Waals surface area contributed by atoms with Gasteiger partial charge >= 0.3 is 0 Å². The molecule has 12 heavy (non-hydrogen) atoms. The average molecular weight is 194 g/mol. The molecule has 0 bridgehead atoms. The monoisotopic (exact) mass is 194 g/mol. The van der Waals surface area contributed by atoms with Gasteiger partial charge in [-0.15, -0.1) is 23.1 Å². The second-order valence-corrected chi connectivity index (χ2v) is 4.67. The van der Waals surface area contributed by atoms with Crippen LogP contribution in [-0.4, -0.2) is 6.26 Å². The van der Waals surface area contributed by atoms with E-state index in [1.165, 1.54) is 15.3 Å². The van der Waals surface area contributed by atoms with E-state index >= 15 is 0 Å². The number of allylic oxidation sites excluding steroid dienone is 4. The predicted molar refractivity (Wildman–Crippen MR) is 57.8 cm³/mol. The minimum absolute atomic E-state index is 1.10. The Morgan fingerprint density at radius 1 is 1.50 bits per heavy atom. The third-order valence-corrected chi connectivity index (χ3v) is 3.91. The molecule has 2 rings (SSSR count). The molecule has 0 saturated heterocycles. The van der Waals surface area contributed by atoms with Crippen molar-refractivity contribution in [2.45, 2.75) is 10.6 Å². The highest BCUT2D eigenvalue weighted by Crippen LogP contribution is 2.30. The maximum atomic E-state index is 2.27. The van der Waals surface area contributed by atoms with Gasteiger partial charge in [0.05, 0.1) is 4.21 Å². The molecule has 0 radical (unpaired) electrons. The molecular formula is C10H10S2. The number of thiophene rings is 1. The molecule has 0 fully saturated rings. The van der Waals surface area contributed by atoms with E-state index in [9.17, 15) is 0 Å². The summed E-state index contributed by atoms with van der Waals surface area (Å²) in [6, 6.07) is 2.26. The van der Waals surface area contributed by atoms with Crippen molar-refractivity contribution in [2.75, 3.05) is 6.26 Å². The zero-order valence-corrected chi connectivity index (χ0v) is 8.54. The van der Waals surface area contributed by atoms with Crippen LogP contribution in [0.5, 0.6) is 0 Å². The van der Waals surface area contributed by atoms with Crippen LogP contribution in [0.2, 0.25) is 0 Å². The highest BCUT2D eigenvalue weighted by Gasteiger charge is 2.03. The molecular weight excluding hydrogens is 184 g/mol. The Labute approximate surface area is 81.0 Å². The van der Waals surface area contributed by atoms with Gasteiger partial charge in [-0.05, 0) is 35.3 Å². The lowest BCUT2D eigenvalue weighted by molar-refractivity contribution is 1.45. The first kappa shape index (κ1) is 8.14. The molecule has 0 spiro atoms. The van der Waals surface area contributed by atoms with Gasteiger partial charge in [0.2, 0.25) is 0 Å². The smallest absolute Gasteiger partial charge is 0.0602 e. The molecule has 1 aliphatic carbocycles. The summed E-state index contributed by atoms with van der Waals surface area (Å²) in [7, 11) is 0. The van der Waals surface area contributed by atoms with Gasteiger partial charge in [0.15, 0.2) is 0 Å². The van der Waals surface area contributed by atoms with Crippen LogP contribution < -0.4 is 0 Å². The van der Waals surface area contributed by atoms with Crippen LogP contribution in [-0.2, 0) is 0 Å². The Morgan fingerprint density at radius 3 is 3.00 bits per heavy atom. The quantitative estimate of drug-likeness (QED) is 0.645. The summed E-state index contributed by atoms with van der Waals surface area (Å²) in [5.74, 6) is 0. The molecule has 0 unspecified atom stereocenters. The average Bonchev–Trinajstić information content (AvgIpc) is 2.75. The topological polar surface area (TPSA) is 0 Å². The maximum absolute atomic E-state index is 2.27. The van der Waals surface area contributed by atoms with Crippen molar-refractivity contribution in [1.82, 2.24) is 0 Å². The summed E-state index contributed by atoms with van der Waals surface area (Å²) < 4.78 is 1.39. The van der Waals surface area contributed by atoms with Gasteiger partial charge in [-0.2, -0.15) is 0 Å². The summed E-state index contributed by atoms with van der Waals surface area (Å²) >= 11 is 3.64.